The van der Waals surface area contributed by atoms with Gasteiger partial charge in [0.05, 0.1) is 0 Å². The summed E-state index contributed by atoms with van der Waals surface area (Å²) in [6.07, 6.45) is 1.25. The van der Waals surface area contributed by atoms with Crippen LogP contribution in [-0.4, -0.2) is 30.9 Å². The van der Waals surface area contributed by atoms with Crippen LogP contribution >= 0.6 is 15.9 Å². The van der Waals surface area contributed by atoms with Crippen molar-refractivity contribution in [1.29, 1.82) is 0 Å². The lowest BCUT2D eigenvalue weighted by molar-refractivity contribution is 0.434. The molecule has 0 fully saturated rings. The lowest BCUT2D eigenvalue weighted by atomic mass is 10.6. The Labute approximate surface area is 81.3 Å². The van der Waals surface area contributed by atoms with Gasteiger partial charge in [0.15, 0.2) is 0 Å². The molecule has 0 rings (SSSR count). The number of hydrogen-bond acceptors (Lipinski definition) is 1. The van der Waals surface area contributed by atoms with Crippen molar-refractivity contribution in [2.75, 3.05) is 26.0 Å². The first-order chi connectivity index (χ1) is 5.10. The van der Waals surface area contributed by atoms with E-state index in [2.05, 4.69) is 55.7 Å². The van der Waals surface area contributed by atoms with E-state index in [9.17, 15) is 0 Å². The van der Waals surface area contributed by atoms with Crippen LogP contribution in [0.5, 0.6) is 0 Å². The van der Waals surface area contributed by atoms with E-state index in [0.29, 0.717) is 0 Å². The zero-order valence-electron chi connectivity index (χ0n) is 8.95. The minimum absolute atomic E-state index is 1.06. The van der Waals surface area contributed by atoms with E-state index in [1.165, 1.54) is 6.42 Å². The van der Waals surface area contributed by atoms with Gasteiger partial charge in [-0.3, -0.25) is 0 Å². The average molecular weight is 226 g/mol. The van der Waals surface area contributed by atoms with E-state index >= 15 is 0 Å². The molecule has 0 radical (unpaired) electrons. The van der Waals surface area contributed by atoms with Gasteiger partial charge in [-0.15, -0.1) is 0 Å². The molecule has 0 atom stereocenters. The van der Waals surface area contributed by atoms with Crippen molar-refractivity contribution >= 4 is 15.9 Å². The van der Waals surface area contributed by atoms with Crippen LogP contribution in [-0.2, 0) is 0 Å². The Kier molecular flexibility index (Phi) is 35.7. The number of alkyl halides is 1. The van der Waals surface area contributed by atoms with Gasteiger partial charge in [0.1, 0.15) is 0 Å². The average Bonchev–Trinajstić information content (AvgIpc) is 1.91. The molecule has 0 aliphatic heterocycles. The van der Waals surface area contributed by atoms with Crippen molar-refractivity contribution in [2.45, 2.75) is 34.1 Å². The molecule has 2 heteroatoms. The van der Waals surface area contributed by atoms with Crippen molar-refractivity contribution in [3.8, 4) is 0 Å². The van der Waals surface area contributed by atoms with Crippen LogP contribution in [0, 0.1) is 0 Å². The fraction of sp³-hybridized carbons (Fsp3) is 1.00. The Morgan fingerprint density at radius 3 is 1.09 bits per heavy atom. The van der Waals surface area contributed by atoms with E-state index in [4.69, 9.17) is 0 Å². The third-order valence-electron chi connectivity index (χ3n) is 0.632. The number of halogens is 1. The molecule has 0 saturated heterocycles. The number of hydrogen-bond donors (Lipinski definition) is 0. The summed E-state index contributed by atoms with van der Waals surface area (Å²) in [5.74, 6) is 0. The van der Waals surface area contributed by atoms with Gasteiger partial charge < -0.3 is 4.90 Å². The van der Waals surface area contributed by atoms with Crippen molar-refractivity contribution in [1.82, 2.24) is 4.90 Å². The minimum Gasteiger partial charge on any atom is -0.310 e. The fourth-order valence-electron chi connectivity index (χ4n) is 0. The summed E-state index contributed by atoms with van der Waals surface area (Å²) in [5.41, 5.74) is 0. The zero-order valence-corrected chi connectivity index (χ0v) is 10.5. The Morgan fingerprint density at radius 1 is 1.00 bits per heavy atom. The summed E-state index contributed by atoms with van der Waals surface area (Å²) in [4.78, 5) is 2.12. The molecular weight excluding hydrogens is 202 g/mol. The molecule has 0 bridgehead atoms. The number of rotatable bonds is 1. The second-order valence-corrected chi connectivity index (χ2v) is 3.49. The molecular formula is C9H24BrN. The Balaban J connectivity index is -0.0000000933. The van der Waals surface area contributed by atoms with Crippen molar-refractivity contribution in [2.24, 2.45) is 0 Å². The van der Waals surface area contributed by atoms with E-state index in [1.807, 2.05) is 6.92 Å². The molecule has 0 aliphatic carbocycles. The highest BCUT2D eigenvalue weighted by atomic mass is 79.9. The monoisotopic (exact) mass is 225 g/mol. The van der Waals surface area contributed by atoms with Crippen LogP contribution in [0.4, 0.5) is 0 Å². The van der Waals surface area contributed by atoms with Gasteiger partial charge >= 0.3 is 0 Å². The van der Waals surface area contributed by atoms with Gasteiger partial charge in [0.2, 0.25) is 0 Å². The van der Waals surface area contributed by atoms with E-state index < -0.39 is 0 Å². The summed E-state index contributed by atoms with van der Waals surface area (Å²) in [6.45, 7) is 9.56. The predicted molar refractivity (Wildman–Crippen MR) is 59.7 cm³/mol. The van der Waals surface area contributed by atoms with Gasteiger partial charge in [-0.25, -0.2) is 0 Å². The molecule has 0 N–H and O–H groups in total. The maximum absolute atomic E-state index is 3.15. The molecule has 72 valence electrons. The van der Waals surface area contributed by atoms with Gasteiger partial charge in [-0.2, -0.15) is 0 Å². The Morgan fingerprint density at radius 2 is 1.09 bits per heavy atom. The second-order valence-electron chi connectivity index (χ2n) is 2.37. The third kappa shape index (κ3) is 125. The summed E-state index contributed by atoms with van der Waals surface area (Å²) in [5, 5.41) is 1.06. The largest absolute Gasteiger partial charge is 0.310 e. The van der Waals surface area contributed by atoms with Crippen LogP contribution in [0.3, 0.4) is 0 Å². The first kappa shape index (κ1) is 17.5. The topological polar surface area (TPSA) is 3.24 Å². The molecule has 0 spiro atoms. The summed E-state index contributed by atoms with van der Waals surface area (Å²) >= 11 is 3.15. The minimum atomic E-state index is 1.06. The summed E-state index contributed by atoms with van der Waals surface area (Å²) < 4.78 is 0. The van der Waals surface area contributed by atoms with Gasteiger partial charge in [-0.1, -0.05) is 50.0 Å². The molecule has 0 aromatic rings. The quantitative estimate of drug-likeness (QED) is 0.619. The summed E-state index contributed by atoms with van der Waals surface area (Å²) in [6, 6.07) is 0. The molecule has 0 amide bonds. The fourth-order valence-corrected chi connectivity index (χ4v) is 0. The normalized spacial score (nSPS) is 7.64. The molecule has 0 aromatic carbocycles. The highest BCUT2D eigenvalue weighted by Gasteiger charge is 1.72. The first-order valence-corrected chi connectivity index (χ1v) is 5.43. The molecule has 0 aliphatic rings. The standard InChI is InChI=1S/C4H11N.C3H8.C2H5Br/c1-4-5(2)3;1-3-2;1-2-3/h4H2,1-3H3;3H2,1-2H3;2H2,1H3. The smallest absolute Gasteiger partial charge is 0.000281 e. The van der Waals surface area contributed by atoms with Crippen molar-refractivity contribution in [3.05, 3.63) is 0 Å². The van der Waals surface area contributed by atoms with Crippen LogP contribution in [0.2, 0.25) is 0 Å². The van der Waals surface area contributed by atoms with Crippen LogP contribution in [0.25, 0.3) is 0 Å². The van der Waals surface area contributed by atoms with Gasteiger partial charge in [0.25, 0.3) is 0 Å². The maximum Gasteiger partial charge on any atom is 0.000281 e. The summed E-state index contributed by atoms with van der Waals surface area (Å²) in [7, 11) is 4.11. The molecule has 0 aromatic heterocycles. The highest BCUT2D eigenvalue weighted by Crippen LogP contribution is 1.67. The molecule has 1 nitrogen and oxygen atoms in total. The van der Waals surface area contributed by atoms with Crippen molar-refractivity contribution in [3.63, 3.8) is 0 Å². The highest BCUT2D eigenvalue weighted by molar-refractivity contribution is 9.09. The second kappa shape index (κ2) is 22.4. The molecule has 0 heterocycles. The SMILES string of the molecule is CCBr.CCC.CCN(C)C. The number of nitrogens with zero attached hydrogens (tertiary/aromatic N) is 1. The Hall–Kier alpha value is 0.440. The van der Waals surface area contributed by atoms with Gasteiger partial charge in [0, 0.05) is 5.33 Å². The van der Waals surface area contributed by atoms with E-state index in [0.717, 1.165) is 11.9 Å². The van der Waals surface area contributed by atoms with Crippen molar-refractivity contribution < 1.29 is 0 Å². The van der Waals surface area contributed by atoms with Gasteiger partial charge in [-0.05, 0) is 20.6 Å². The van der Waals surface area contributed by atoms with E-state index in [1.54, 1.807) is 0 Å². The molecule has 0 saturated carbocycles. The van der Waals surface area contributed by atoms with Crippen LogP contribution < -0.4 is 0 Å². The van der Waals surface area contributed by atoms with Crippen LogP contribution in [0.15, 0.2) is 0 Å². The van der Waals surface area contributed by atoms with Crippen LogP contribution in [0.1, 0.15) is 34.1 Å². The lowest BCUT2D eigenvalue weighted by Gasteiger charge is -2.00. The Bertz CT molecular complexity index is 36.5. The predicted octanol–water partition coefficient (Wildman–Crippen LogP) is 3.39. The molecule has 0 unspecified atom stereocenters. The van der Waals surface area contributed by atoms with E-state index in [-0.39, 0.29) is 0 Å². The maximum atomic E-state index is 3.15. The first-order valence-electron chi connectivity index (χ1n) is 4.31. The third-order valence-corrected chi connectivity index (χ3v) is 0.632. The lowest BCUT2D eigenvalue weighted by Crippen LogP contribution is -2.08. The molecule has 11 heavy (non-hydrogen) atoms. The zero-order chi connectivity index (χ0) is 9.70.